The minimum Gasteiger partial charge on any atom is -0.472 e. The van der Waals surface area contributed by atoms with Crippen LogP contribution in [0.25, 0.3) is 0 Å². The number of hydrogen-bond acceptors (Lipinski definition) is 11. The van der Waals surface area contributed by atoms with Gasteiger partial charge < -0.3 is 39.3 Å². The summed E-state index contributed by atoms with van der Waals surface area (Å²) in [6, 6.07) is 3.76. The molecule has 7 fully saturated rings. The molecule has 11 rings (SSSR count). The predicted octanol–water partition coefficient (Wildman–Crippen LogP) is 11.7. The number of hydrogen-bond donors (Lipinski definition) is 3. The van der Waals surface area contributed by atoms with Crippen LogP contribution in [0.15, 0.2) is 33.2 Å². The Kier molecular flexibility index (Phi) is 13.0. The van der Waals surface area contributed by atoms with Gasteiger partial charge in [0.2, 0.25) is 0 Å². The van der Waals surface area contributed by atoms with Gasteiger partial charge >= 0.3 is 12.4 Å². The monoisotopic (exact) mass is 1020 g/mol. The molecule has 2 saturated heterocycles. The molecule has 2 atom stereocenters. The zero-order chi connectivity index (χ0) is 51.1. The average Bonchev–Trinajstić information content (AvgIpc) is 3.63. The van der Waals surface area contributed by atoms with Crippen molar-refractivity contribution in [3.8, 4) is 5.88 Å². The van der Waals surface area contributed by atoms with E-state index in [4.69, 9.17) is 13.6 Å². The zero-order valence-electron chi connectivity index (χ0n) is 40.7. The Morgan fingerprint density at radius 2 is 1.24 bits per heavy atom. The number of nitrogens with zero attached hydrogens (tertiary/aromatic N) is 5. The van der Waals surface area contributed by atoms with E-state index in [9.17, 15) is 35.9 Å². The second-order valence-electron chi connectivity index (χ2n) is 21.7. The maximum absolute atomic E-state index is 15.4. The number of fused-ring (bicyclic) bond motifs is 3. The Labute approximate surface area is 411 Å². The molecule has 5 aliphatic carbocycles. The van der Waals surface area contributed by atoms with Crippen LogP contribution in [0.4, 0.5) is 64.2 Å². The van der Waals surface area contributed by atoms with Gasteiger partial charge in [-0.2, -0.15) is 36.3 Å². The molecule has 1 aromatic carbocycles. The molecule has 2 bridgehead atoms. The molecule has 3 aromatic heterocycles. The first-order valence-corrected chi connectivity index (χ1v) is 25.2. The molecule has 72 heavy (non-hydrogen) atoms. The van der Waals surface area contributed by atoms with Gasteiger partial charge in [0.25, 0.3) is 29.7 Å². The highest BCUT2D eigenvalue weighted by molar-refractivity contribution is 6.04. The number of carbonyl (C=O) groups is 2. The number of carbonyl (C=O) groups excluding carboxylic acids is 2. The van der Waals surface area contributed by atoms with Gasteiger partial charge in [-0.25, -0.2) is 13.8 Å². The largest absolute Gasteiger partial charge is 0.472 e. The van der Waals surface area contributed by atoms with E-state index < -0.39 is 71.6 Å². The third-order valence-electron chi connectivity index (χ3n) is 16.8. The molecule has 0 radical (unpaired) electrons. The van der Waals surface area contributed by atoms with E-state index >= 15 is 8.78 Å². The predicted molar refractivity (Wildman–Crippen MR) is 250 cm³/mol. The molecule has 21 heteroatoms. The number of benzene rings is 1. The molecular weight excluding hydrogens is 957 g/mol. The molecule has 0 spiro atoms. The van der Waals surface area contributed by atoms with Gasteiger partial charge in [0, 0.05) is 54.8 Å². The first kappa shape index (κ1) is 49.9. The number of oxazole rings is 2. The first-order valence-electron chi connectivity index (χ1n) is 25.2. The van der Waals surface area contributed by atoms with Crippen molar-refractivity contribution in [3.05, 3.63) is 64.5 Å². The van der Waals surface area contributed by atoms with Crippen molar-refractivity contribution in [3.63, 3.8) is 0 Å². The summed E-state index contributed by atoms with van der Waals surface area (Å²) in [7, 11) is 0. The fourth-order valence-electron chi connectivity index (χ4n) is 12.5. The highest BCUT2D eigenvalue weighted by atomic mass is 19.4. The van der Waals surface area contributed by atoms with Gasteiger partial charge in [0.05, 0.1) is 17.6 Å². The summed E-state index contributed by atoms with van der Waals surface area (Å²) in [6.45, 7) is 9.86. The van der Waals surface area contributed by atoms with Crippen molar-refractivity contribution in [1.29, 1.82) is 0 Å². The maximum Gasteiger partial charge on any atom is 0.396 e. The number of aromatic nitrogens is 3. The van der Waals surface area contributed by atoms with E-state index in [2.05, 4.69) is 37.8 Å². The standard InChI is InChI=1S/C51H60F8N8O5/c1-5-48(6-2)22-66(23-48)46-65-42(39(71-46)20-51(57,58)59)44(69)63-31-16-37(53)45(60-21-31)70-32-17-34-33(35(34)18-32)8-9-49(7-3)24-67(25-49)47-64-41(38(72-47)19-50(54,55)56)43(68)62-29-10-26(4)40(36(52)15-29)61-30-13-27-11-28(12-27)14-30/h10,15-16,21,27-28,30,32-35,61H,5-9,11-14,17-20,22-25H2,1-4H3,(H,62,68)(H,63,69). The summed E-state index contributed by atoms with van der Waals surface area (Å²) < 4.78 is 129. The number of rotatable bonds is 18. The fourth-order valence-corrected chi connectivity index (χ4v) is 12.5. The molecule has 13 nitrogen and oxygen atoms in total. The number of pyridine rings is 1. The molecule has 4 aromatic rings. The maximum atomic E-state index is 15.4. The van der Waals surface area contributed by atoms with E-state index in [0.717, 1.165) is 57.1 Å². The Balaban J connectivity index is 0.703. The molecule has 2 aliphatic heterocycles. The average molecular weight is 1020 g/mol. The summed E-state index contributed by atoms with van der Waals surface area (Å²) in [5.41, 5.74) is -0.288. The number of alkyl halides is 6. The van der Waals surface area contributed by atoms with Crippen LogP contribution in [-0.4, -0.2) is 77.4 Å². The van der Waals surface area contributed by atoms with Crippen LogP contribution in [0.2, 0.25) is 0 Å². The number of amides is 2. The SMILES string of the molecule is CCC1(CC)CN(c2nc(C(=O)Nc3cnc(OC4CC5C(CCC6(CC)CN(c7nc(C(=O)Nc8cc(C)c(NC9CC%10CC(C%10)C9)c(F)c8)c(CC(F)(F)F)o7)C6)C5C4)c(F)c3)c(CC(F)(F)F)o2)C1. The summed E-state index contributed by atoms with van der Waals surface area (Å²) in [4.78, 5) is 42.6. The molecule has 5 saturated carbocycles. The Morgan fingerprint density at radius 1 is 0.722 bits per heavy atom. The quantitative estimate of drug-likeness (QED) is 0.0817. The van der Waals surface area contributed by atoms with Gasteiger partial charge in [-0.3, -0.25) is 9.59 Å². The highest BCUT2D eigenvalue weighted by Gasteiger charge is 2.57. The van der Waals surface area contributed by atoms with Crippen LogP contribution >= 0.6 is 0 Å². The zero-order valence-corrected chi connectivity index (χ0v) is 40.7. The fraction of sp³-hybridized carbons (Fsp3) is 0.627. The number of ether oxygens (including phenoxy) is 1. The molecule has 390 valence electrons. The van der Waals surface area contributed by atoms with Crippen molar-refractivity contribution in [2.75, 3.05) is 51.9 Å². The van der Waals surface area contributed by atoms with E-state index in [1.165, 1.54) is 19.0 Å². The smallest absolute Gasteiger partial charge is 0.396 e. The lowest BCUT2D eigenvalue weighted by Crippen LogP contribution is -2.56. The molecule has 2 unspecified atom stereocenters. The third-order valence-corrected chi connectivity index (χ3v) is 16.8. The van der Waals surface area contributed by atoms with Crippen LogP contribution < -0.4 is 30.5 Å². The number of nitrogens with one attached hydrogen (secondary N) is 3. The summed E-state index contributed by atoms with van der Waals surface area (Å²) in [5, 5.41) is 8.27. The second kappa shape index (κ2) is 18.7. The van der Waals surface area contributed by atoms with E-state index in [-0.39, 0.29) is 52.3 Å². The first-order chi connectivity index (χ1) is 34.1. The molecule has 3 N–H and O–H groups in total. The second-order valence-corrected chi connectivity index (χ2v) is 21.7. The van der Waals surface area contributed by atoms with Crippen LogP contribution in [0.5, 0.6) is 5.88 Å². The van der Waals surface area contributed by atoms with Gasteiger partial charge in [0.1, 0.15) is 36.3 Å². The van der Waals surface area contributed by atoms with Crippen molar-refractivity contribution >= 4 is 40.9 Å². The summed E-state index contributed by atoms with van der Waals surface area (Å²) >= 11 is 0. The van der Waals surface area contributed by atoms with E-state index in [1.807, 2.05) is 13.8 Å². The lowest BCUT2D eigenvalue weighted by Gasteiger charge is -2.49. The van der Waals surface area contributed by atoms with Gasteiger partial charge in [-0.15, -0.1) is 0 Å². The van der Waals surface area contributed by atoms with Gasteiger partial charge in [-0.05, 0) is 125 Å². The molecule has 2 amide bonds. The number of aryl methyl sites for hydroxylation is 1. The Bertz CT molecular complexity index is 2640. The van der Waals surface area contributed by atoms with Crippen molar-refractivity contribution in [1.82, 2.24) is 15.0 Å². The summed E-state index contributed by atoms with van der Waals surface area (Å²) in [6.07, 6.45) is -1.42. The van der Waals surface area contributed by atoms with E-state index in [1.54, 1.807) is 22.8 Å². The molecule has 5 heterocycles. The lowest BCUT2D eigenvalue weighted by atomic mass is 9.63. The third kappa shape index (κ3) is 10.3. The van der Waals surface area contributed by atoms with Crippen molar-refractivity contribution in [2.24, 2.45) is 40.4 Å². The van der Waals surface area contributed by atoms with Crippen LogP contribution in [-0.2, 0) is 12.8 Å². The van der Waals surface area contributed by atoms with Crippen LogP contribution in [0.3, 0.4) is 0 Å². The Hall–Kier alpha value is -5.63. The minimum absolute atomic E-state index is 0.00237. The van der Waals surface area contributed by atoms with Crippen LogP contribution in [0, 0.1) is 59.0 Å². The topological polar surface area (TPSA) is 151 Å². The van der Waals surface area contributed by atoms with Crippen LogP contribution in [0.1, 0.15) is 129 Å². The Morgan fingerprint density at radius 3 is 1.74 bits per heavy atom. The van der Waals surface area contributed by atoms with Crippen molar-refractivity contribution in [2.45, 2.75) is 136 Å². The molecule has 7 aliphatic rings. The van der Waals surface area contributed by atoms with Gasteiger partial charge in [0.15, 0.2) is 17.2 Å². The number of halogens is 8. The summed E-state index contributed by atoms with van der Waals surface area (Å²) in [5.74, 6) is -2.38. The number of anilines is 5. The van der Waals surface area contributed by atoms with Gasteiger partial charge in [-0.1, -0.05) is 20.8 Å². The lowest BCUT2D eigenvalue weighted by molar-refractivity contribution is -0.131. The highest BCUT2D eigenvalue weighted by Crippen LogP contribution is 2.61. The normalized spacial score (nSPS) is 25.8. The molecular formula is C51H60F8N8O5. The van der Waals surface area contributed by atoms with E-state index in [0.29, 0.717) is 79.9 Å². The van der Waals surface area contributed by atoms with Crippen molar-refractivity contribution < 1.29 is 58.3 Å². The minimum atomic E-state index is -4.68.